The lowest BCUT2D eigenvalue weighted by Gasteiger charge is -2.39. The van der Waals surface area contributed by atoms with Crippen LogP contribution in [0.25, 0.3) is 0 Å². The Balaban J connectivity index is 1.86. The molecule has 0 heterocycles. The van der Waals surface area contributed by atoms with E-state index in [1.165, 1.54) is 12.1 Å². The Hall–Kier alpha value is -3.49. The second-order valence-corrected chi connectivity index (χ2v) is 11.3. The minimum Gasteiger partial charge on any atom is -0.480 e. The van der Waals surface area contributed by atoms with Gasteiger partial charge in [-0.25, -0.2) is 13.1 Å². The molecule has 0 saturated carbocycles. The van der Waals surface area contributed by atoms with Gasteiger partial charge in [-0.3, -0.25) is 10.1 Å². The summed E-state index contributed by atoms with van der Waals surface area (Å²) in [6, 6.07) is 30.3. The predicted octanol–water partition coefficient (Wildman–Crippen LogP) is 5.52. The summed E-state index contributed by atoms with van der Waals surface area (Å²) in [7, 11) is -4.11. The van der Waals surface area contributed by atoms with Gasteiger partial charge in [-0.1, -0.05) is 102 Å². The number of hydrogen-bond acceptors (Lipinski definition) is 4. The zero-order chi connectivity index (χ0) is 27.2. The quantitative estimate of drug-likeness (QED) is 0.229. The van der Waals surface area contributed by atoms with Gasteiger partial charge in [-0.05, 0) is 47.9 Å². The number of rotatable bonds is 11. The van der Waals surface area contributed by atoms with Crippen LogP contribution in [0.5, 0.6) is 0 Å². The second kappa shape index (κ2) is 11.9. The monoisotopic (exact) mass is 548 g/mol. The third-order valence-corrected chi connectivity index (χ3v) is 8.15. The van der Waals surface area contributed by atoms with Gasteiger partial charge < -0.3 is 5.11 Å². The summed E-state index contributed by atoms with van der Waals surface area (Å²) in [5.41, 5.74) is 1.21. The molecule has 0 amide bonds. The molecule has 0 fully saturated rings. The first-order valence-electron chi connectivity index (χ1n) is 12.1. The summed E-state index contributed by atoms with van der Waals surface area (Å²) in [6.07, 6.45) is 0.0136. The van der Waals surface area contributed by atoms with Crippen molar-refractivity contribution in [2.45, 2.75) is 36.4 Å². The Kier molecular flexibility index (Phi) is 8.64. The minimum atomic E-state index is -4.11. The number of sulfonamides is 1. The van der Waals surface area contributed by atoms with Crippen molar-refractivity contribution in [3.63, 3.8) is 0 Å². The van der Waals surface area contributed by atoms with Crippen LogP contribution >= 0.6 is 11.6 Å². The highest BCUT2D eigenvalue weighted by Crippen LogP contribution is 2.33. The molecule has 2 atom stereocenters. The number of carboxylic acid groups (broad SMARTS) is 1. The average molecular weight is 549 g/mol. The average Bonchev–Trinajstić information content (AvgIpc) is 2.92. The third-order valence-electron chi connectivity index (χ3n) is 6.46. The molecule has 0 aliphatic carbocycles. The van der Waals surface area contributed by atoms with Crippen LogP contribution in [0.1, 0.15) is 28.3 Å². The standard InChI is InChI=1S/C30H29ClN2O4S/c1-22-12-18-27(19-13-22)38(36,37)33-28(25-14-16-26(31)17-15-25)30(29(34)35,20-23-8-4-2-5-9-23)32-21-24-10-6-3-7-11-24/h2-19,28,32-33H,20-21H2,1H3,(H,34,35). The molecular formula is C30H29ClN2O4S. The van der Waals surface area contributed by atoms with Crippen molar-refractivity contribution in [3.05, 3.63) is 136 Å². The number of carboxylic acids is 1. The summed E-state index contributed by atoms with van der Waals surface area (Å²) in [6.45, 7) is 2.07. The van der Waals surface area contributed by atoms with Gasteiger partial charge in [0, 0.05) is 18.0 Å². The number of aliphatic carboxylic acids is 1. The lowest BCUT2D eigenvalue weighted by Crippen LogP contribution is -2.61. The normalized spacial score (nSPS) is 13.9. The van der Waals surface area contributed by atoms with Crippen molar-refractivity contribution in [1.29, 1.82) is 0 Å². The van der Waals surface area contributed by atoms with Crippen molar-refractivity contribution in [3.8, 4) is 0 Å². The lowest BCUT2D eigenvalue weighted by molar-refractivity contribution is -0.146. The van der Waals surface area contributed by atoms with Crippen LogP contribution in [-0.4, -0.2) is 25.0 Å². The van der Waals surface area contributed by atoms with E-state index in [0.717, 1.165) is 16.7 Å². The van der Waals surface area contributed by atoms with Crippen LogP contribution in [0.2, 0.25) is 5.02 Å². The molecule has 38 heavy (non-hydrogen) atoms. The van der Waals surface area contributed by atoms with Gasteiger partial charge in [0.05, 0.1) is 10.9 Å². The van der Waals surface area contributed by atoms with Crippen LogP contribution in [0, 0.1) is 6.92 Å². The summed E-state index contributed by atoms with van der Waals surface area (Å²) in [5, 5.41) is 14.5. The van der Waals surface area contributed by atoms with Crippen LogP contribution in [-0.2, 0) is 27.8 Å². The first-order chi connectivity index (χ1) is 18.2. The van der Waals surface area contributed by atoms with Gasteiger partial charge in [0.25, 0.3) is 0 Å². The molecule has 2 unspecified atom stereocenters. The largest absolute Gasteiger partial charge is 0.480 e. The number of halogens is 1. The molecular weight excluding hydrogens is 520 g/mol. The Morgan fingerprint density at radius 1 is 0.842 bits per heavy atom. The highest BCUT2D eigenvalue weighted by Gasteiger charge is 2.48. The maximum absolute atomic E-state index is 13.6. The van der Waals surface area contributed by atoms with Crippen molar-refractivity contribution in [2.75, 3.05) is 0 Å². The number of hydrogen-bond donors (Lipinski definition) is 3. The Morgan fingerprint density at radius 3 is 1.95 bits per heavy atom. The highest BCUT2D eigenvalue weighted by molar-refractivity contribution is 7.89. The fraction of sp³-hybridized carbons (Fsp3) is 0.167. The van der Waals surface area contributed by atoms with E-state index in [0.29, 0.717) is 10.6 Å². The molecule has 3 N–H and O–H groups in total. The van der Waals surface area contributed by atoms with E-state index in [4.69, 9.17) is 11.6 Å². The van der Waals surface area contributed by atoms with Crippen LogP contribution < -0.4 is 10.0 Å². The summed E-state index contributed by atoms with van der Waals surface area (Å²) in [4.78, 5) is 13.3. The Labute approximate surface area is 228 Å². The van der Waals surface area contributed by atoms with Crippen LogP contribution in [0.3, 0.4) is 0 Å². The SMILES string of the molecule is Cc1ccc(S(=O)(=O)NC(c2ccc(Cl)cc2)C(Cc2ccccc2)(NCc2ccccc2)C(=O)O)cc1. The van der Waals surface area contributed by atoms with Gasteiger partial charge in [-0.2, -0.15) is 0 Å². The summed E-state index contributed by atoms with van der Waals surface area (Å²) < 4.78 is 30.0. The van der Waals surface area contributed by atoms with Gasteiger partial charge in [0.1, 0.15) is 5.54 Å². The maximum atomic E-state index is 13.6. The van der Waals surface area contributed by atoms with Crippen molar-refractivity contribution >= 4 is 27.6 Å². The number of benzene rings is 4. The van der Waals surface area contributed by atoms with E-state index in [2.05, 4.69) is 10.0 Å². The second-order valence-electron chi connectivity index (χ2n) is 9.20. The van der Waals surface area contributed by atoms with Crippen LogP contribution in [0.15, 0.2) is 114 Å². The fourth-order valence-corrected chi connectivity index (χ4v) is 5.77. The van der Waals surface area contributed by atoms with Gasteiger partial charge >= 0.3 is 5.97 Å². The first-order valence-corrected chi connectivity index (χ1v) is 14.0. The number of carbonyl (C=O) groups is 1. The van der Waals surface area contributed by atoms with Crippen molar-refractivity contribution < 1.29 is 18.3 Å². The summed E-state index contributed by atoms with van der Waals surface area (Å²) in [5.74, 6) is -1.19. The minimum absolute atomic E-state index is 0.0136. The molecule has 0 spiro atoms. The molecule has 8 heteroatoms. The molecule has 4 aromatic carbocycles. The maximum Gasteiger partial charge on any atom is 0.326 e. The Morgan fingerprint density at radius 2 is 1.39 bits per heavy atom. The Bertz CT molecular complexity index is 1460. The van der Waals surface area contributed by atoms with E-state index in [-0.39, 0.29) is 17.9 Å². The highest BCUT2D eigenvalue weighted by atomic mass is 35.5. The van der Waals surface area contributed by atoms with E-state index in [1.54, 1.807) is 36.4 Å². The van der Waals surface area contributed by atoms with Gasteiger partial charge in [0.2, 0.25) is 10.0 Å². The molecule has 0 aliphatic rings. The fourth-order valence-electron chi connectivity index (χ4n) is 4.36. The van der Waals surface area contributed by atoms with E-state index < -0.39 is 27.6 Å². The first kappa shape index (κ1) is 27.5. The zero-order valence-electron chi connectivity index (χ0n) is 20.8. The molecule has 6 nitrogen and oxygen atoms in total. The van der Waals surface area contributed by atoms with Gasteiger partial charge in [0.15, 0.2) is 0 Å². The number of nitrogens with one attached hydrogen (secondary N) is 2. The molecule has 4 aromatic rings. The van der Waals surface area contributed by atoms with E-state index in [1.807, 2.05) is 67.6 Å². The van der Waals surface area contributed by atoms with Gasteiger partial charge in [-0.15, -0.1) is 0 Å². The topological polar surface area (TPSA) is 95.5 Å². The lowest BCUT2D eigenvalue weighted by atomic mass is 9.80. The molecule has 196 valence electrons. The smallest absolute Gasteiger partial charge is 0.326 e. The third kappa shape index (κ3) is 6.49. The molecule has 0 aliphatic heterocycles. The molecule has 0 aromatic heterocycles. The number of aryl methyl sites for hydroxylation is 1. The molecule has 0 saturated heterocycles. The molecule has 0 radical (unpaired) electrons. The molecule has 4 rings (SSSR count). The predicted molar refractivity (Wildman–Crippen MR) is 149 cm³/mol. The van der Waals surface area contributed by atoms with E-state index in [9.17, 15) is 18.3 Å². The zero-order valence-corrected chi connectivity index (χ0v) is 22.4. The molecule has 0 bridgehead atoms. The summed E-state index contributed by atoms with van der Waals surface area (Å²) >= 11 is 6.14. The van der Waals surface area contributed by atoms with Crippen LogP contribution in [0.4, 0.5) is 0 Å². The van der Waals surface area contributed by atoms with Crippen molar-refractivity contribution in [2.24, 2.45) is 0 Å². The van der Waals surface area contributed by atoms with Crippen molar-refractivity contribution in [1.82, 2.24) is 10.0 Å². The van der Waals surface area contributed by atoms with E-state index >= 15 is 0 Å².